The van der Waals surface area contributed by atoms with Gasteiger partial charge in [0, 0.05) is 36.3 Å². The fraction of sp³-hybridized carbons (Fsp3) is 0.158. The lowest BCUT2D eigenvalue weighted by molar-refractivity contribution is -0.384. The summed E-state index contributed by atoms with van der Waals surface area (Å²) in [4.78, 5) is 23.0. The number of aryl methyl sites for hydroxylation is 2. The van der Waals surface area contributed by atoms with Gasteiger partial charge in [-0.1, -0.05) is 11.6 Å². The van der Waals surface area contributed by atoms with Gasteiger partial charge in [-0.25, -0.2) is 0 Å². The predicted octanol–water partition coefficient (Wildman–Crippen LogP) is 5.34. The predicted molar refractivity (Wildman–Crippen MR) is 113 cm³/mol. The van der Waals surface area contributed by atoms with E-state index in [0.717, 1.165) is 10.0 Å². The maximum Gasteiger partial charge on any atom is 0.275 e. The molecular formula is C19H16BrClN4O4. The zero-order valence-electron chi connectivity index (χ0n) is 15.3. The van der Waals surface area contributed by atoms with Gasteiger partial charge < -0.3 is 10.1 Å². The van der Waals surface area contributed by atoms with Crippen LogP contribution in [0.2, 0.25) is 5.02 Å². The quantitative estimate of drug-likeness (QED) is 0.364. The number of nitrogens with zero attached hydrogens (tertiary/aromatic N) is 3. The summed E-state index contributed by atoms with van der Waals surface area (Å²) in [5.41, 5.74) is 0.855. The summed E-state index contributed by atoms with van der Waals surface area (Å²) >= 11 is 9.23. The molecule has 0 radical (unpaired) electrons. The minimum Gasteiger partial charge on any atom is -0.457 e. The van der Waals surface area contributed by atoms with Crippen LogP contribution in [0.4, 0.5) is 11.4 Å². The number of nitro benzene ring substituents is 1. The monoisotopic (exact) mass is 478 g/mol. The average Bonchev–Trinajstić information content (AvgIpc) is 3.07. The summed E-state index contributed by atoms with van der Waals surface area (Å²) in [6, 6.07) is 9.18. The van der Waals surface area contributed by atoms with E-state index in [1.807, 2.05) is 6.92 Å². The molecule has 8 nitrogen and oxygen atoms in total. The Morgan fingerprint density at radius 2 is 2.14 bits per heavy atom. The fourth-order valence-corrected chi connectivity index (χ4v) is 3.13. The number of rotatable bonds is 7. The summed E-state index contributed by atoms with van der Waals surface area (Å²) in [5.74, 6) is 0.443. The molecule has 0 atom stereocenters. The van der Waals surface area contributed by atoms with Crippen LogP contribution in [0.5, 0.6) is 11.5 Å². The third-order valence-electron chi connectivity index (χ3n) is 3.92. The van der Waals surface area contributed by atoms with Gasteiger partial charge in [-0.2, -0.15) is 5.10 Å². The van der Waals surface area contributed by atoms with Crippen LogP contribution < -0.4 is 10.1 Å². The summed E-state index contributed by atoms with van der Waals surface area (Å²) in [5, 5.41) is 18.6. The number of nitro groups is 1. The molecule has 0 fully saturated rings. The minimum absolute atomic E-state index is 0.156. The first kappa shape index (κ1) is 20.8. The first-order chi connectivity index (χ1) is 13.8. The van der Waals surface area contributed by atoms with Crippen molar-refractivity contribution in [2.75, 3.05) is 5.32 Å². The van der Waals surface area contributed by atoms with Crippen molar-refractivity contribution in [3.05, 3.63) is 74.0 Å². The van der Waals surface area contributed by atoms with Gasteiger partial charge in [-0.3, -0.25) is 19.6 Å². The summed E-state index contributed by atoms with van der Waals surface area (Å²) in [6.45, 7) is 2.19. The summed E-state index contributed by atoms with van der Waals surface area (Å²) in [6.07, 6.45) is 3.53. The molecule has 150 valence electrons. The standard InChI is InChI=1S/C19H16BrClN4O4/c1-12-6-14(21)2-3-18(12)29-17-8-15(7-16(9-17)25(27)28)23-19(26)4-5-24-11-13(20)10-22-24/h2-3,6-11H,4-5H2,1H3,(H,23,26). The summed E-state index contributed by atoms with van der Waals surface area (Å²) in [7, 11) is 0. The summed E-state index contributed by atoms with van der Waals surface area (Å²) < 4.78 is 8.21. The van der Waals surface area contributed by atoms with Crippen molar-refractivity contribution in [1.82, 2.24) is 9.78 Å². The SMILES string of the molecule is Cc1cc(Cl)ccc1Oc1cc(NC(=O)CCn2cc(Br)cn2)cc([N+](=O)[O-])c1. The van der Waals surface area contributed by atoms with Gasteiger partial charge in [-0.15, -0.1) is 0 Å². The number of ether oxygens (including phenoxy) is 1. The van der Waals surface area contributed by atoms with Crippen molar-refractivity contribution in [2.24, 2.45) is 0 Å². The van der Waals surface area contributed by atoms with E-state index < -0.39 is 4.92 Å². The number of nitrogens with one attached hydrogen (secondary N) is 1. The van der Waals surface area contributed by atoms with E-state index in [0.29, 0.717) is 17.3 Å². The molecule has 3 rings (SSSR count). The highest BCUT2D eigenvalue weighted by molar-refractivity contribution is 9.10. The average molecular weight is 480 g/mol. The maximum atomic E-state index is 12.2. The van der Waals surface area contributed by atoms with Crippen molar-refractivity contribution in [2.45, 2.75) is 19.9 Å². The van der Waals surface area contributed by atoms with Crippen LogP contribution in [0.3, 0.4) is 0 Å². The van der Waals surface area contributed by atoms with Gasteiger partial charge in [0.25, 0.3) is 5.69 Å². The van der Waals surface area contributed by atoms with Gasteiger partial charge in [0.15, 0.2) is 0 Å². The van der Waals surface area contributed by atoms with Gasteiger partial charge >= 0.3 is 0 Å². The van der Waals surface area contributed by atoms with Gasteiger partial charge in [0.1, 0.15) is 11.5 Å². The maximum absolute atomic E-state index is 12.2. The molecule has 1 amide bonds. The number of benzene rings is 2. The molecule has 0 saturated carbocycles. The second-order valence-electron chi connectivity index (χ2n) is 6.20. The number of aromatic nitrogens is 2. The Labute approximate surface area is 179 Å². The molecule has 3 aromatic rings. The van der Waals surface area contributed by atoms with E-state index in [1.165, 1.54) is 18.2 Å². The molecule has 0 aliphatic heterocycles. The van der Waals surface area contributed by atoms with E-state index in [2.05, 4.69) is 26.3 Å². The largest absolute Gasteiger partial charge is 0.457 e. The third-order valence-corrected chi connectivity index (χ3v) is 4.56. The second kappa shape index (κ2) is 9.06. The second-order valence-corrected chi connectivity index (χ2v) is 7.56. The van der Waals surface area contributed by atoms with Crippen LogP contribution in [0.15, 0.2) is 53.3 Å². The van der Waals surface area contributed by atoms with E-state index in [1.54, 1.807) is 35.3 Å². The molecule has 0 aliphatic rings. The Bertz CT molecular complexity index is 1070. The molecule has 1 heterocycles. The zero-order chi connectivity index (χ0) is 21.0. The third kappa shape index (κ3) is 5.78. The molecular weight excluding hydrogens is 464 g/mol. The Balaban J connectivity index is 1.75. The fourth-order valence-electron chi connectivity index (χ4n) is 2.57. The molecule has 0 saturated heterocycles. The zero-order valence-corrected chi connectivity index (χ0v) is 17.6. The molecule has 1 aromatic heterocycles. The highest BCUT2D eigenvalue weighted by Crippen LogP contribution is 2.32. The molecule has 0 bridgehead atoms. The molecule has 10 heteroatoms. The number of anilines is 1. The lowest BCUT2D eigenvalue weighted by Crippen LogP contribution is -2.14. The van der Waals surface area contributed by atoms with Crippen LogP contribution in [0, 0.1) is 17.0 Å². The molecule has 0 spiro atoms. The van der Waals surface area contributed by atoms with Crippen LogP contribution in [0.25, 0.3) is 0 Å². The number of hydrogen-bond acceptors (Lipinski definition) is 5. The normalized spacial score (nSPS) is 10.6. The van der Waals surface area contributed by atoms with Crippen molar-refractivity contribution in [3.8, 4) is 11.5 Å². The molecule has 0 unspecified atom stereocenters. The topological polar surface area (TPSA) is 99.3 Å². The number of carbonyl (C=O) groups excluding carboxylic acids is 1. The van der Waals surface area contributed by atoms with E-state index in [-0.39, 0.29) is 29.5 Å². The van der Waals surface area contributed by atoms with Crippen molar-refractivity contribution in [1.29, 1.82) is 0 Å². The smallest absolute Gasteiger partial charge is 0.275 e. The van der Waals surface area contributed by atoms with Gasteiger partial charge in [0.05, 0.1) is 27.3 Å². The number of halogens is 2. The van der Waals surface area contributed by atoms with Crippen LogP contribution in [-0.4, -0.2) is 20.6 Å². The van der Waals surface area contributed by atoms with Gasteiger partial charge in [0.2, 0.25) is 5.91 Å². The number of amides is 1. The van der Waals surface area contributed by atoms with E-state index >= 15 is 0 Å². The lowest BCUT2D eigenvalue weighted by Gasteiger charge is -2.11. The molecule has 2 aromatic carbocycles. The number of hydrogen-bond donors (Lipinski definition) is 1. The first-order valence-electron chi connectivity index (χ1n) is 8.51. The van der Waals surface area contributed by atoms with Crippen molar-refractivity contribution >= 4 is 44.8 Å². The van der Waals surface area contributed by atoms with E-state index in [4.69, 9.17) is 16.3 Å². The first-order valence-corrected chi connectivity index (χ1v) is 9.68. The van der Waals surface area contributed by atoms with Crippen molar-refractivity contribution < 1.29 is 14.5 Å². The Hall–Kier alpha value is -2.91. The van der Waals surface area contributed by atoms with Crippen LogP contribution >= 0.6 is 27.5 Å². The Kier molecular flexibility index (Phi) is 6.50. The minimum atomic E-state index is -0.543. The molecule has 1 N–H and O–H groups in total. The van der Waals surface area contributed by atoms with Crippen LogP contribution in [-0.2, 0) is 11.3 Å². The number of carbonyl (C=O) groups is 1. The van der Waals surface area contributed by atoms with Crippen molar-refractivity contribution in [3.63, 3.8) is 0 Å². The van der Waals surface area contributed by atoms with E-state index in [9.17, 15) is 14.9 Å². The van der Waals surface area contributed by atoms with Crippen LogP contribution in [0.1, 0.15) is 12.0 Å². The highest BCUT2D eigenvalue weighted by atomic mass is 79.9. The Morgan fingerprint density at radius 3 is 2.79 bits per heavy atom. The number of non-ortho nitro benzene ring substituents is 1. The lowest BCUT2D eigenvalue weighted by atomic mass is 10.2. The Morgan fingerprint density at radius 1 is 1.34 bits per heavy atom. The molecule has 0 aliphatic carbocycles. The van der Waals surface area contributed by atoms with Gasteiger partial charge in [-0.05, 0) is 46.6 Å². The molecule has 29 heavy (non-hydrogen) atoms. The highest BCUT2D eigenvalue weighted by Gasteiger charge is 2.14.